The Morgan fingerprint density at radius 1 is 1.11 bits per heavy atom. The zero-order valence-electron chi connectivity index (χ0n) is 15.1. The molecule has 0 radical (unpaired) electrons. The molecule has 0 aliphatic carbocycles. The molecule has 0 aromatic heterocycles. The maximum Gasteiger partial charge on any atom is 0.242 e. The third-order valence-electron chi connectivity index (χ3n) is 3.79. The highest BCUT2D eigenvalue weighted by atomic mass is 35.5. The molecule has 0 spiro atoms. The normalized spacial score (nSPS) is 12.6. The van der Waals surface area contributed by atoms with E-state index < -0.39 is 22.0 Å². The van der Waals surface area contributed by atoms with Crippen LogP contribution < -0.4 is 10.0 Å². The fourth-order valence-corrected chi connectivity index (χ4v) is 5.10. The fraction of sp³-hybridized carbons (Fsp3) is 0.278. The molecule has 2 aromatic rings. The summed E-state index contributed by atoms with van der Waals surface area (Å²) >= 11 is 19.6. The number of thioether (sulfide) groups is 1. The van der Waals surface area contributed by atoms with Crippen molar-refractivity contribution in [3.05, 3.63) is 57.0 Å². The van der Waals surface area contributed by atoms with Gasteiger partial charge in [0.1, 0.15) is 10.9 Å². The molecule has 1 unspecified atom stereocenters. The van der Waals surface area contributed by atoms with Gasteiger partial charge in [0.25, 0.3) is 0 Å². The van der Waals surface area contributed by atoms with Crippen LogP contribution in [0.1, 0.15) is 12.0 Å². The first-order chi connectivity index (χ1) is 13.1. The summed E-state index contributed by atoms with van der Waals surface area (Å²) in [5.41, 5.74) is 1.35. The molecule has 5 nitrogen and oxygen atoms in total. The highest BCUT2D eigenvalue weighted by Gasteiger charge is 2.27. The molecule has 2 aromatic carbocycles. The van der Waals surface area contributed by atoms with Gasteiger partial charge in [-0.25, -0.2) is 8.42 Å². The second-order valence-corrected chi connectivity index (χ2v) is 9.92. The quantitative estimate of drug-likeness (QED) is 0.557. The molecule has 152 valence electrons. The van der Waals surface area contributed by atoms with E-state index in [4.69, 9.17) is 34.8 Å². The van der Waals surface area contributed by atoms with Crippen LogP contribution in [0.2, 0.25) is 15.1 Å². The number of amides is 1. The first kappa shape index (κ1) is 23.3. The van der Waals surface area contributed by atoms with Crippen molar-refractivity contribution in [3.63, 3.8) is 0 Å². The molecule has 0 saturated heterocycles. The zero-order chi connectivity index (χ0) is 20.9. The molecule has 2 rings (SSSR count). The number of hydrogen-bond donors (Lipinski definition) is 2. The lowest BCUT2D eigenvalue weighted by molar-refractivity contribution is -0.117. The van der Waals surface area contributed by atoms with E-state index in [0.29, 0.717) is 16.5 Å². The Hall–Kier alpha value is -0.960. The van der Waals surface area contributed by atoms with Gasteiger partial charge in [-0.15, -0.1) is 0 Å². The van der Waals surface area contributed by atoms with Crippen LogP contribution in [0.25, 0.3) is 0 Å². The second kappa shape index (κ2) is 10.2. The van der Waals surface area contributed by atoms with Crippen LogP contribution in [0.15, 0.2) is 41.3 Å². The van der Waals surface area contributed by atoms with Crippen LogP contribution >= 0.6 is 46.6 Å². The second-order valence-electron chi connectivity index (χ2n) is 6.00. The number of sulfonamides is 1. The molecule has 1 amide bonds. The summed E-state index contributed by atoms with van der Waals surface area (Å²) in [5, 5.41) is 3.29. The van der Waals surface area contributed by atoms with Gasteiger partial charge in [0, 0.05) is 5.02 Å². The number of carbonyl (C=O) groups excluding carboxylic acids is 1. The Bertz CT molecular complexity index is 969. The van der Waals surface area contributed by atoms with E-state index in [1.54, 1.807) is 18.2 Å². The molecule has 0 heterocycles. The maximum atomic E-state index is 12.8. The van der Waals surface area contributed by atoms with Gasteiger partial charge in [0.2, 0.25) is 15.9 Å². The zero-order valence-corrected chi connectivity index (χ0v) is 19.0. The van der Waals surface area contributed by atoms with Crippen molar-refractivity contribution in [2.45, 2.75) is 24.3 Å². The predicted octanol–water partition coefficient (Wildman–Crippen LogP) is 4.99. The summed E-state index contributed by atoms with van der Waals surface area (Å²) in [6.45, 7) is 1.88. The number of halogens is 3. The van der Waals surface area contributed by atoms with Gasteiger partial charge in [0.05, 0.1) is 15.7 Å². The number of carbonyl (C=O) groups is 1. The Kier molecular flexibility index (Phi) is 8.48. The number of hydrogen-bond acceptors (Lipinski definition) is 4. The summed E-state index contributed by atoms with van der Waals surface area (Å²) in [4.78, 5) is 12.6. The molecule has 0 saturated carbocycles. The number of aryl methyl sites for hydroxylation is 1. The van der Waals surface area contributed by atoms with E-state index in [9.17, 15) is 13.2 Å². The number of rotatable bonds is 8. The molecule has 10 heteroatoms. The molecule has 1 atom stereocenters. The highest BCUT2D eigenvalue weighted by molar-refractivity contribution is 7.98. The average Bonchev–Trinajstić information content (AvgIpc) is 2.62. The number of benzene rings is 2. The number of anilines is 1. The Morgan fingerprint density at radius 3 is 2.46 bits per heavy atom. The van der Waals surface area contributed by atoms with Crippen molar-refractivity contribution in [2.24, 2.45) is 0 Å². The van der Waals surface area contributed by atoms with Gasteiger partial charge in [-0.05, 0) is 61.2 Å². The molecule has 0 aliphatic heterocycles. The topological polar surface area (TPSA) is 75.3 Å². The molecular weight excluding hydrogens is 463 g/mol. The molecule has 0 fully saturated rings. The van der Waals surface area contributed by atoms with Gasteiger partial charge in [0.15, 0.2) is 0 Å². The summed E-state index contributed by atoms with van der Waals surface area (Å²) in [6, 6.07) is 8.29. The van der Waals surface area contributed by atoms with E-state index in [0.717, 1.165) is 5.56 Å². The first-order valence-corrected chi connectivity index (χ1v) is 12.2. The van der Waals surface area contributed by atoms with Gasteiger partial charge in [-0.2, -0.15) is 16.5 Å². The third kappa shape index (κ3) is 6.27. The number of nitrogens with one attached hydrogen (secondary N) is 2. The summed E-state index contributed by atoms with van der Waals surface area (Å²) in [7, 11) is -4.07. The van der Waals surface area contributed by atoms with E-state index in [2.05, 4.69) is 10.0 Å². The smallest absolute Gasteiger partial charge is 0.242 e. The van der Waals surface area contributed by atoms with Crippen molar-refractivity contribution in [3.8, 4) is 0 Å². The summed E-state index contributed by atoms with van der Waals surface area (Å²) < 4.78 is 28.0. The van der Waals surface area contributed by atoms with Crippen LogP contribution in [0.5, 0.6) is 0 Å². The molecular formula is C18H19Cl3N2O3S2. The van der Waals surface area contributed by atoms with Crippen molar-refractivity contribution in [1.29, 1.82) is 0 Å². The van der Waals surface area contributed by atoms with Gasteiger partial charge < -0.3 is 5.32 Å². The van der Waals surface area contributed by atoms with Gasteiger partial charge in [-0.1, -0.05) is 40.9 Å². The van der Waals surface area contributed by atoms with Crippen LogP contribution in [0.4, 0.5) is 5.69 Å². The standard InChI is InChI=1S/C18H19Cl3N2O3S2/c1-11-3-6-15(14(21)9-11)22-18(24)16(7-8-27-2)23-28(25,26)17-10-12(19)4-5-13(17)20/h3-6,9-10,16,23H,7-8H2,1-2H3,(H,22,24). The van der Waals surface area contributed by atoms with Crippen molar-refractivity contribution < 1.29 is 13.2 Å². The molecule has 0 bridgehead atoms. The average molecular weight is 482 g/mol. The first-order valence-electron chi connectivity index (χ1n) is 8.17. The lowest BCUT2D eigenvalue weighted by Gasteiger charge is -2.19. The van der Waals surface area contributed by atoms with Crippen molar-refractivity contribution in [1.82, 2.24) is 4.72 Å². The molecule has 2 N–H and O–H groups in total. The van der Waals surface area contributed by atoms with Crippen LogP contribution in [0, 0.1) is 6.92 Å². The summed E-state index contributed by atoms with van der Waals surface area (Å²) in [5.74, 6) is 0.0624. The molecule has 28 heavy (non-hydrogen) atoms. The maximum absolute atomic E-state index is 12.8. The minimum absolute atomic E-state index is 0.0162. The Labute approximate surface area is 184 Å². The van der Waals surface area contributed by atoms with E-state index in [1.807, 2.05) is 13.2 Å². The Morgan fingerprint density at radius 2 is 1.82 bits per heavy atom. The van der Waals surface area contributed by atoms with E-state index in [1.165, 1.54) is 30.0 Å². The third-order valence-corrected chi connectivity index (χ3v) is 6.93. The highest BCUT2D eigenvalue weighted by Crippen LogP contribution is 2.26. The van der Waals surface area contributed by atoms with Gasteiger partial charge in [-0.3, -0.25) is 4.79 Å². The van der Waals surface area contributed by atoms with Crippen molar-refractivity contribution in [2.75, 3.05) is 17.3 Å². The van der Waals surface area contributed by atoms with E-state index >= 15 is 0 Å². The van der Waals surface area contributed by atoms with Crippen LogP contribution in [-0.4, -0.2) is 32.4 Å². The van der Waals surface area contributed by atoms with E-state index in [-0.39, 0.29) is 21.4 Å². The minimum atomic E-state index is -4.07. The lowest BCUT2D eigenvalue weighted by Crippen LogP contribution is -2.44. The van der Waals surface area contributed by atoms with Crippen molar-refractivity contribution >= 4 is 68.2 Å². The van der Waals surface area contributed by atoms with Crippen LogP contribution in [-0.2, 0) is 14.8 Å². The predicted molar refractivity (Wildman–Crippen MR) is 118 cm³/mol. The monoisotopic (exact) mass is 480 g/mol. The lowest BCUT2D eigenvalue weighted by atomic mass is 10.2. The molecule has 0 aliphatic rings. The van der Waals surface area contributed by atoms with Gasteiger partial charge >= 0.3 is 0 Å². The van der Waals surface area contributed by atoms with Crippen LogP contribution in [0.3, 0.4) is 0 Å². The fourth-order valence-electron chi connectivity index (χ4n) is 2.35. The minimum Gasteiger partial charge on any atom is -0.323 e. The SMILES string of the molecule is CSCCC(NS(=O)(=O)c1cc(Cl)ccc1Cl)C(=O)Nc1ccc(C)cc1Cl. The summed E-state index contributed by atoms with van der Waals surface area (Å²) in [6.07, 6.45) is 2.15. The largest absolute Gasteiger partial charge is 0.323 e. The Balaban J connectivity index is 2.27.